The van der Waals surface area contributed by atoms with E-state index in [0.717, 1.165) is 6.54 Å². The zero-order valence-corrected chi connectivity index (χ0v) is 7.64. The van der Waals surface area contributed by atoms with Crippen LogP contribution in [-0.2, 0) is 0 Å². The highest BCUT2D eigenvalue weighted by Crippen LogP contribution is 2.05. The van der Waals surface area contributed by atoms with Gasteiger partial charge < -0.3 is 11.1 Å². The van der Waals surface area contributed by atoms with Crippen LogP contribution in [0.1, 0.15) is 20.3 Å². The van der Waals surface area contributed by atoms with Gasteiger partial charge in [-0.25, -0.2) is 0 Å². The predicted octanol–water partition coefficient (Wildman–Crippen LogP) is 1.14. The molecule has 11 heavy (non-hydrogen) atoms. The van der Waals surface area contributed by atoms with Gasteiger partial charge in [-0.3, -0.25) is 0 Å². The Morgan fingerprint density at radius 3 is 2.64 bits per heavy atom. The van der Waals surface area contributed by atoms with E-state index in [-0.39, 0.29) is 0 Å². The Morgan fingerprint density at radius 2 is 2.27 bits per heavy atom. The average molecular weight is 156 g/mol. The maximum absolute atomic E-state index is 5.59. The molecule has 0 radical (unpaired) electrons. The molecule has 0 rings (SSSR count). The van der Waals surface area contributed by atoms with Gasteiger partial charge in [-0.05, 0) is 5.92 Å². The summed E-state index contributed by atoms with van der Waals surface area (Å²) in [5, 5.41) is 3.33. The summed E-state index contributed by atoms with van der Waals surface area (Å²) in [5.74, 6) is 0.653. The Bertz CT molecular complexity index is 102. The summed E-state index contributed by atoms with van der Waals surface area (Å²) in [6.45, 7) is 9.61. The first-order chi connectivity index (χ1) is 5.26. The van der Waals surface area contributed by atoms with Crippen LogP contribution in [0.2, 0.25) is 0 Å². The molecule has 0 aliphatic carbocycles. The summed E-state index contributed by atoms with van der Waals surface area (Å²) < 4.78 is 0. The molecule has 0 heterocycles. The first-order valence-electron chi connectivity index (χ1n) is 4.30. The molecule has 0 spiro atoms. The van der Waals surface area contributed by atoms with Crippen molar-refractivity contribution in [2.24, 2.45) is 11.7 Å². The van der Waals surface area contributed by atoms with Crippen molar-refractivity contribution in [3.8, 4) is 0 Å². The third-order valence-electron chi connectivity index (χ3n) is 2.11. The molecule has 0 amide bonds. The van der Waals surface area contributed by atoms with E-state index in [9.17, 15) is 0 Å². The van der Waals surface area contributed by atoms with Crippen LogP contribution in [0.25, 0.3) is 0 Å². The van der Waals surface area contributed by atoms with E-state index < -0.39 is 0 Å². The van der Waals surface area contributed by atoms with E-state index in [2.05, 4.69) is 25.7 Å². The predicted molar refractivity (Wildman–Crippen MR) is 50.5 cm³/mol. The Morgan fingerprint density at radius 1 is 1.64 bits per heavy atom. The molecule has 66 valence electrons. The van der Waals surface area contributed by atoms with Crippen molar-refractivity contribution >= 4 is 0 Å². The third-order valence-corrected chi connectivity index (χ3v) is 2.11. The van der Waals surface area contributed by atoms with Crippen LogP contribution in [0, 0.1) is 5.92 Å². The normalized spacial score (nSPS) is 15.9. The van der Waals surface area contributed by atoms with Gasteiger partial charge in [0.1, 0.15) is 0 Å². The van der Waals surface area contributed by atoms with Gasteiger partial charge in [0.25, 0.3) is 0 Å². The van der Waals surface area contributed by atoms with Crippen LogP contribution < -0.4 is 11.1 Å². The Hall–Kier alpha value is -0.340. The maximum Gasteiger partial charge on any atom is 0.0218 e. The molecule has 0 saturated carbocycles. The minimum absolute atomic E-state index is 0.443. The summed E-state index contributed by atoms with van der Waals surface area (Å²) in [6, 6.07) is 0.443. The lowest BCUT2D eigenvalue weighted by molar-refractivity contribution is 0.385. The highest BCUT2D eigenvalue weighted by Gasteiger charge is 2.11. The standard InChI is InChI=1S/C9H20N2/c1-4-6-11-9(7-10)8(3)5-2/h4,8-9,11H,1,5-7,10H2,2-3H3. The van der Waals surface area contributed by atoms with Crippen LogP contribution in [0.4, 0.5) is 0 Å². The number of hydrogen-bond donors (Lipinski definition) is 2. The molecule has 2 heteroatoms. The van der Waals surface area contributed by atoms with Crippen LogP contribution in [0.5, 0.6) is 0 Å². The molecule has 0 aliphatic heterocycles. The lowest BCUT2D eigenvalue weighted by atomic mass is 9.99. The first-order valence-corrected chi connectivity index (χ1v) is 4.30. The highest BCUT2D eigenvalue weighted by atomic mass is 14.9. The van der Waals surface area contributed by atoms with Crippen molar-refractivity contribution in [3.05, 3.63) is 12.7 Å². The molecule has 0 fully saturated rings. The zero-order chi connectivity index (χ0) is 8.69. The smallest absolute Gasteiger partial charge is 0.0218 e. The van der Waals surface area contributed by atoms with Gasteiger partial charge in [0, 0.05) is 19.1 Å². The van der Waals surface area contributed by atoms with E-state index in [1.807, 2.05) is 6.08 Å². The number of nitrogens with one attached hydrogen (secondary N) is 1. The number of nitrogens with two attached hydrogens (primary N) is 1. The van der Waals surface area contributed by atoms with Gasteiger partial charge in [-0.2, -0.15) is 0 Å². The van der Waals surface area contributed by atoms with Gasteiger partial charge in [-0.15, -0.1) is 6.58 Å². The summed E-state index contributed by atoms with van der Waals surface area (Å²) >= 11 is 0. The maximum atomic E-state index is 5.59. The van der Waals surface area contributed by atoms with Crippen molar-refractivity contribution in [2.75, 3.05) is 13.1 Å². The van der Waals surface area contributed by atoms with Gasteiger partial charge in [-0.1, -0.05) is 26.3 Å². The van der Waals surface area contributed by atoms with E-state index in [0.29, 0.717) is 18.5 Å². The number of hydrogen-bond acceptors (Lipinski definition) is 2. The molecule has 2 nitrogen and oxygen atoms in total. The Labute approximate surface area is 69.9 Å². The van der Waals surface area contributed by atoms with Crippen LogP contribution in [0.15, 0.2) is 12.7 Å². The quantitative estimate of drug-likeness (QED) is 0.566. The molecule has 0 bridgehead atoms. The fourth-order valence-electron chi connectivity index (χ4n) is 1.04. The minimum atomic E-state index is 0.443. The van der Waals surface area contributed by atoms with Gasteiger partial charge in [0.2, 0.25) is 0 Å². The lowest BCUT2D eigenvalue weighted by Crippen LogP contribution is -2.41. The molecule has 0 aliphatic rings. The largest absolute Gasteiger partial charge is 0.329 e. The lowest BCUT2D eigenvalue weighted by Gasteiger charge is -2.21. The average Bonchev–Trinajstić information content (AvgIpc) is 2.05. The van der Waals surface area contributed by atoms with E-state index in [1.165, 1.54) is 6.42 Å². The van der Waals surface area contributed by atoms with Gasteiger partial charge in [0.05, 0.1) is 0 Å². The third kappa shape index (κ3) is 4.17. The first kappa shape index (κ1) is 10.7. The van der Waals surface area contributed by atoms with E-state index >= 15 is 0 Å². The molecule has 0 aromatic rings. The van der Waals surface area contributed by atoms with Crippen LogP contribution in [0.3, 0.4) is 0 Å². The molecule has 0 aromatic heterocycles. The molecular formula is C9H20N2. The highest BCUT2D eigenvalue weighted by molar-refractivity contribution is 4.78. The van der Waals surface area contributed by atoms with Crippen molar-refractivity contribution in [1.29, 1.82) is 0 Å². The summed E-state index contributed by atoms with van der Waals surface area (Å²) in [7, 11) is 0. The van der Waals surface area contributed by atoms with E-state index in [1.54, 1.807) is 0 Å². The SMILES string of the molecule is C=CCNC(CN)C(C)CC. The van der Waals surface area contributed by atoms with Gasteiger partial charge >= 0.3 is 0 Å². The monoisotopic (exact) mass is 156 g/mol. The molecule has 2 unspecified atom stereocenters. The number of rotatable bonds is 6. The fraction of sp³-hybridized carbons (Fsp3) is 0.778. The minimum Gasteiger partial charge on any atom is -0.329 e. The van der Waals surface area contributed by atoms with Crippen molar-refractivity contribution in [1.82, 2.24) is 5.32 Å². The van der Waals surface area contributed by atoms with Crippen LogP contribution in [-0.4, -0.2) is 19.1 Å². The molecule has 2 atom stereocenters. The van der Waals surface area contributed by atoms with Crippen molar-refractivity contribution in [3.63, 3.8) is 0 Å². The summed E-state index contributed by atoms with van der Waals surface area (Å²) in [4.78, 5) is 0. The second-order valence-electron chi connectivity index (χ2n) is 2.92. The van der Waals surface area contributed by atoms with E-state index in [4.69, 9.17) is 5.73 Å². The molecular weight excluding hydrogens is 136 g/mol. The van der Waals surface area contributed by atoms with Gasteiger partial charge in [0.15, 0.2) is 0 Å². The Kier molecular flexibility index (Phi) is 6.18. The summed E-state index contributed by atoms with van der Waals surface area (Å²) in [6.07, 6.45) is 3.04. The zero-order valence-electron chi connectivity index (χ0n) is 7.64. The summed E-state index contributed by atoms with van der Waals surface area (Å²) in [5.41, 5.74) is 5.59. The van der Waals surface area contributed by atoms with Crippen LogP contribution >= 0.6 is 0 Å². The van der Waals surface area contributed by atoms with Crippen molar-refractivity contribution < 1.29 is 0 Å². The Balaban J connectivity index is 3.64. The topological polar surface area (TPSA) is 38.0 Å². The second-order valence-corrected chi connectivity index (χ2v) is 2.92. The molecule has 0 saturated heterocycles. The van der Waals surface area contributed by atoms with Crippen molar-refractivity contribution in [2.45, 2.75) is 26.3 Å². The second kappa shape index (κ2) is 6.38. The fourth-order valence-corrected chi connectivity index (χ4v) is 1.04. The molecule has 3 N–H and O–H groups in total. The molecule has 0 aromatic carbocycles.